The van der Waals surface area contributed by atoms with Crippen LogP contribution in [0.2, 0.25) is 0 Å². The van der Waals surface area contributed by atoms with E-state index in [4.69, 9.17) is 18.9 Å². The number of nitrogens with zero attached hydrogens (tertiary/aromatic N) is 1. The van der Waals surface area contributed by atoms with Gasteiger partial charge >= 0.3 is 18.2 Å². The molecule has 0 fully saturated rings. The zero-order valence-electron chi connectivity index (χ0n) is 19.9. The topological polar surface area (TPSA) is 95.5 Å². The van der Waals surface area contributed by atoms with Crippen molar-refractivity contribution in [1.82, 2.24) is 5.43 Å². The number of hydrogen-bond acceptors (Lipinski definition) is 7. The molecule has 4 rings (SSSR count). The van der Waals surface area contributed by atoms with Crippen LogP contribution in [0, 0.1) is 0 Å². The van der Waals surface area contributed by atoms with Crippen LogP contribution in [0.3, 0.4) is 0 Å². The molecular formula is C29H24N2O6. The van der Waals surface area contributed by atoms with Crippen LogP contribution in [0.25, 0.3) is 0 Å². The SMILES string of the molecule is COc1ccc(C(=O)Oc2cccc(/C=N\NC(=O)C(Oc3ccccc3)Oc3ccccc3)c2)cc1. The lowest BCUT2D eigenvalue weighted by atomic mass is 10.2. The van der Waals surface area contributed by atoms with Crippen molar-refractivity contribution in [3.8, 4) is 23.0 Å². The molecule has 0 bridgehead atoms. The number of para-hydroxylation sites is 2. The Morgan fingerprint density at radius 1 is 0.730 bits per heavy atom. The zero-order chi connectivity index (χ0) is 25.9. The van der Waals surface area contributed by atoms with Gasteiger partial charge in [0.25, 0.3) is 0 Å². The largest absolute Gasteiger partial charge is 0.497 e. The van der Waals surface area contributed by atoms with Gasteiger partial charge in [-0.2, -0.15) is 5.10 Å². The zero-order valence-corrected chi connectivity index (χ0v) is 19.9. The van der Waals surface area contributed by atoms with Gasteiger partial charge in [-0.05, 0) is 66.2 Å². The molecule has 186 valence electrons. The summed E-state index contributed by atoms with van der Waals surface area (Å²) in [5.41, 5.74) is 3.42. The predicted octanol–water partition coefficient (Wildman–Crippen LogP) is 4.85. The maximum absolute atomic E-state index is 12.8. The molecule has 0 radical (unpaired) electrons. The van der Waals surface area contributed by atoms with Gasteiger partial charge < -0.3 is 18.9 Å². The Balaban J connectivity index is 1.39. The van der Waals surface area contributed by atoms with E-state index in [1.165, 1.54) is 6.21 Å². The molecule has 0 atom stereocenters. The third kappa shape index (κ3) is 7.43. The molecule has 0 spiro atoms. The summed E-state index contributed by atoms with van der Waals surface area (Å²) in [6, 6.07) is 31.0. The monoisotopic (exact) mass is 496 g/mol. The number of rotatable bonds is 10. The summed E-state index contributed by atoms with van der Waals surface area (Å²) in [5.74, 6) is 0.786. The van der Waals surface area contributed by atoms with Gasteiger partial charge in [0.1, 0.15) is 23.0 Å². The Bertz CT molecular complexity index is 1300. The smallest absolute Gasteiger partial charge is 0.343 e. The molecule has 0 aliphatic carbocycles. The molecule has 0 unspecified atom stereocenters. The first-order chi connectivity index (χ1) is 18.1. The van der Waals surface area contributed by atoms with Crippen LogP contribution >= 0.6 is 0 Å². The minimum absolute atomic E-state index is 0.328. The lowest BCUT2D eigenvalue weighted by Crippen LogP contribution is -2.40. The number of carbonyl (C=O) groups is 2. The molecular weight excluding hydrogens is 472 g/mol. The van der Waals surface area contributed by atoms with Crippen molar-refractivity contribution in [3.63, 3.8) is 0 Å². The van der Waals surface area contributed by atoms with E-state index in [1.807, 2.05) is 12.1 Å². The van der Waals surface area contributed by atoms with E-state index in [0.29, 0.717) is 34.1 Å². The summed E-state index contributed by atoms with van der Waals surface area (Å²) in [4.78, 5) is 25.2. The second-order valence-corrected chi connectivity index (χ2v) is 7.62. The number of hydrogen-bond donors (Lipinski definition) is 1. The van der Waals surface area contributed by atoms with E-state index in [1.54, 1.807) is 104 Å². The van der Waals surface area contributed by atoms with E-state index in [-0.39, 0.29) is 0 Å². The molecule has 1 amide bonds. The number of ether oxygens (including phenoxy) is 4. The van der Waals surface area contributed by atoms with Gasteiger partial charge in [0.2, 0.25) is 0 Å². The van der Waals surface area contributed by atoms with Crippen molar-refractivity contribution in [2.45, 2.75) is 6.29 Å². The van der Waals surface area contributed by atoms with Crippen molar-refractivity contribution < 1.29 is 28.5 Å². The Morgan fingerprint density at radius 3 is 1.92 bits per heavy atom. The molecule has 0 heterocycles. The van der Waals surface area contributed by atoms with Crippen LogP contribution in [0.15, 0.2) is 114 Å². The molecule has 37 heavy (non-hydrogen) atoms. The van der Waals surface area contributed by atoms with Crippen LogP contribution in [0.4, 0.5) is 0 Å². The Morgan fingerprint density at radius 2 is 1.32 bits per heavy atom. The highest BCUT2D eigenvalue weighted by Crippen LogP contribution is 2.18. The van der Waals surface area contributed by atoms with Crippen LogP contribution in [-0.2, 0) is 4.79 Å². The number of nitrogens with one attached hydrogen (secondary N) is 1. The van der Waals surface area contributed by atoms with Gasteiger partial charge in [-0.25, -0.2) is 10.2 Å². The fraction of sp³-hybridized carbons (Fsp3) is 0.0690. The van der Waals surface area contributed by atoms with E-state index in [0.717, 1.165) is 0 Å². The van der Waals surface area contributed by atoms with E-state index < -0.39 is 18.2 Å². The lowest BCUT2D eigenvalue weighted by Gasteiger charge is -2.18. The minimum Gasteiger partial charge on any atom is -0.497 e. The highest BCUT2D eigenvalue weighted by Gasteiger charge is 2.22. The Labute approximate surface area is 214 Å². The summed E-state index contributed by atoms with van der Waals surface area (Å²) in [5, 5.41) is 4.00. The highest BCUT2D eigenvalue weighted by atomic mass is 16.7. The fourth-order valence-electron chi connectivity index (χ4n) is 3.15. The van der Waals surface area contributed by atoms with Gasteiger partial charge in [-0.1, -0.05) is 48.5 Å². The Hall–Kier alpha value is -5.11. The van der Waals surface area contributed by atoms with Gasteiger partial charge in [-0.3, -0.25) is 4.79 Å². The summed E-state index contributed by atoms with van der Waals surface area (Å²) in [6.45, 7) is 0. The second-order valence-electron chi connectivity index (χ2n) is 7.62. The molecule has 0 aliphatic rings. The normalized spacial score (nSPS) is 10.6. The van der Waals surface area contributed by atoms with Crippen molar-refractivity contribution >= 4 is 18.1 Å². The lowest BCUT2D eigenvalue weighted by molar-refractivity contribution is -0.140. The average molecular weight is 497 g/mol. The number of methoxy groups -OCH3 is 1. The number of carbonyl (C=O) groups excluding carboxylic acids is 2. The number of esters is 1. The summed E-state index contributed by atoms with van der Waals surface area (Å²) >= 11 is 0. The number of amides is 1. The third-order valence-electron chi connectivity index (χ3n) is 4.97. The van der Waals surface area contributed by atoms with Gasteiger partial charge in [0.05, 0.1) is 18.9 Å². The molecule has 0 aliphatic heterocycles. The first-order valence-electron chi connectivity index (χ1n) is 11.3. The Kier molecular flexibility index (Phi) is 8.48. The fourth-order valence-corrected chi connectivity index (χ4v) is 3.15. The third-order valence-corrected chi connectivity index (χ3v) is 4.97. The molecule has 4 aromatic rings. The van der Waals surface area contributed by atoms with Gasteiger partial charge in [-0.15, -0.1) is 0 Å². The van der Waals surface area contributed by atoms with Crippen molar-refractivity contribution in [2.75, 3.05) is 7.11 Å². The van der Waals surface area contributed by atoms with Crippen molar-refractivity contribution in [2.24, 2.45) is 5.10 Å². The van der Waals surface area contributed by atoms with E-state index in [2.05, 4.69) is 10.5 Å². The maximum atomic E-state index is 12.8. The molecule has 1 N–H and O–H groups in total. The first-order valence-corrected chi connectivity index (χ1v) is 11.3. The number of benzene rings is 4. The first kappa shape index (κ1) is 25.0. The number of hydrazone groups is 1. The van der Waals surface area contributed by atoms with Crippen LogP contribution < -0.4 is 24.4 Å². The predicted molar refractivity (Wildman–Crippen MR) is 138 cm³/mol. The van der Waals surface area contributed by atoms with E-state index in [9.17, 15) is 9.59 Å². The minimum atomic E-state index is -1.28. The summed E-state index contributed by atoms with van der Waals surface area (Å²) in [6.07, 6.45) is 0.142. The summed E-state index contributed by atoms with van der Waals surface area (Å²) in [7, 11) is 1.55. The second kappa shape index (κ2) is 12.6. The van der Waals surface area contributed by atoms with Crippen molar-refractivity contribution in [3.05, 3.63) is 120 Å². The van der Waals surface area contributed by atoms with Gasteiger partial charge in [0.15, 0.2) is 0 Å². The molecule has 4 aromatic carbocycles. The van der Waals surface area contributed by atoms with E-state index >= 15 is 0 Å². The summed E-state index contributed by atoms with van der Waals surface area (Å²) < 4.78 is 22.0. The standard InChI is InChI=1S/C29H24N2O6/c1-34-23-17-15-22(16-18-23)28(33)35-26-14-8-9-21(19-26)20-30-31-27(32)29(36-24-10-4-2-5-11-24)37-25-12-6-3-7-13-25/h2-20,29H,1H3,(H,31,32)/b30-20-. The van der Waals surface area contributed by atoms with Crippen molar-refractivity contribution in [1.29, 1.82) is 0 Å². The molecule has 0 saturated carbocycles. The van der Waals surface area contributed by atoms with Crippen LogP contribution in [0.1, 0.15) is 15.9 Å². The molecule has 0 aromatic heterocycles. The average Bonchev–Trinajstić information content (AvgIpc) is 2.94. The molecule has 8 nitrogen and oxygen atoms in total. The molecule has 0 saturated heterocycles. The maximum Gasteiger partial charge on any atom is 0.343 e. The van der Waals surface area contributed by atoms with Gasteiger partial charge in [0, 0.05) is 0 Å². The molecule has 8 heteroatoms. The quantitative estimate of drug-likeness (QED) is 0.111. The highest BCUT2D eigenvalue weighted by molar-refractivity contribution is 5.91. The van der Waals surface area contributed by atoms with Crippen LogP contribution in [-0.4, -0.2) is 31.5 Å². The van der Waals surface area contributed by atoms with Crippen LogP contribution in [0.5, 0.6) is 23.0 Å².